The molecule has 0 aliphatic heterocycles. The van der Waals surface area contributed by atoms with Gasteiger partial charge in [-0.3, -0.25) is 0 Å². The number of ether oxygens (including phenoxy) is 4. The molecule has 632 valence electrons. The monoisotopic (exact) mass is 1620 g/mol. The zero-order chi connectivity index (χ0) is 88.7. The van der Waals surface area contributed by atoms with Gasteiger partial charge in [0, 0.05) is 22.3 Å². The maximum absolute atomic E-state index is 14.4. The molecule has 0 bridgehead atoms. The minimum Gasteiger partial charge on any atom is -0.497 e. The number of rotatable bonds is 14. The van der Waals surface area contributed by atoms with Crippen molar-refractivity contribution in [2.45, 2.75) is 188 Å². The molecule has 0 aliphatic carbocycles. The Morgan fingerprint density at radius 1 is 0.233 bits per heavy atom. The Bertz CT molecular complexity index is 3970. The molecule has 10 nitrogen and oxygen atoms in total. The Balaban J connectivity index is 0. The van der Waals surface area contributed by atoms with E-state index in [0.717, 1.165) is 119 Å². The minimum absolute atomic E-state index is 0.0407. The fraction of sp³-hybridized carbons (Fsp3) is 0.319. The van der Waals surface area contributed by atoms with Gasteiger partial charge in [0.1, 0.15) is 34.5 Å². The summed E-state index contributed by atoms with van der Waals surface area (Å²) in [7, 11) is 2.52. The number of halogens is 12. The van der Waals surface area contributed by atoms with Gasteiger partial charge in [-0.25, -0.2) is 0 Å². The lowest BCUT2D eigenvalue weighted by molar-refractivity contribution is -0.290. The summed E-state index contributed by atoms with van der Waals surface area (Å²) < 4.78 is 205. The van der Waals surface area contributed by atoms with E-state index in [1.807, 2.05) is 274 Å². The normalized spacial score (nSPS) is 11.1. The highest BCUT2D eigenvalue weighted by molar-refractivity contribution is 5.61. The Hall–Kier alpha value is -11.2. The van der Waals surface area contributed by atoms with Gasteiger partial charge in [0.15, 0.2) is 0 Å². The average molecular weight is 1630 g/mol. The molecule has 10 aromatic rings. The van der Waals surface area contributed by atoms with Crippen LogP contribution in [-0.2, 0) is 10.8 Å². The van der Waals surface area contributed by atoms with Crippen LogP contribution in [0.3, 0.4) is 0 Å². The SMILES string of the molecule is C/C=C/C.C/C=C/C.C/C=C/C.C/C=C/C.C/C=C/C.C/C=C/C.CC.CC.CC.CC.COc1ccc(C(c2ccc(Oc3ccc(-c4nnc(-c5ccc(C)cc5)o4)cc3)cc2)(C(F)(F)F)C(F)(F)F)cc1.COc1ccc(C(c2ccc(Oc3ccc(-c4nnc(-c5ccc(C)cc5)o4)cc3)cc2)(C(F)(F)F)C(F)(F)F)cc1. The maximum Gasteiger partial charge on any atom is 0.411 e. The first kappa shape index (κ1) is 107. The van der Waals surface area contributed by atoms with Crippen molar-refractivity contribution in [3.63, 3.8) is 0 Å². The van der Waals surface area contributed by atoms with E-state index in [0.29, 0.717) is 22.9 Å². The third-order valence-electron chi connectivity index (χ3n) is 15.4. The molecule has 10 rings (SSSR count). The number of nitrogens with zero attached hydrogens (tertiary/aromatic N) is 4. The molecule has 2 aromatic heterocycles. The predicted octanol–water partition coefficient (Wildman–Crippen LogP) is 31.4. The van der Waals surface area contributed by atoms with Gasteiger partial charge < -0.3 is 27.8 Å². The van der Waals surface area contributed by atoms with E-state index in [-0.39, 0.29) is 46.3 Å². The Kier molecular flexibility index (Phi) is 52.5. The molecule has 0 atom stereocenters. The van der Waals surface area contributed by atoms with Gasteiger partial charge >= 0.3 is 24.7 Å². The molecular formula is C94H116F12N4O6. The van der Waals surface area contributed by atoms with Crippen LogP contribution in [0.15, 0.2) is 276 Å². The van der Waals surface area contributed by atoms with Gasteiger partial charge in [-0.15, -0.1) is 20.4 Å². The van der Waals surface area contributed by atoms with Crippen molar-refractivity contribution in [3.05, 3.63) is 300 Å². The first-order chi connectivity index (χ1) is 55.3. The minimum atomic E-state index is -5.70. The third kappa shape index (κ3) is 32.6. The Labute approximate surface area is 680 Å². The van der Waals surface area contributed by atoms with Crippen molar-refractivity contribution in [2.75, 3.05) is 14.2 Å². The van der Waals surface area contributed by atoms with Crippen molar-refractivity contribution < 1.29 is 80.5 Å². The van der Waals surface area contributed by atoms with Crippen LogP contribution in [0.5, 0.6) is 34.5 Å². The lowest BCUT2D eigenvalue weighted by Crippen LogP contribution is -2.54. The van der Waals surface area contributed by atoms with E-state index >= 15 is 0 Å². The van der Waals surface area contributed by atoms with Crippen molar-refractivity contribution in [2.24, 2.45) is 0 Å². The number of aromatic nitrogens is 4. The molecule has 0 saturated heterocycles. The molecule has 0 fully saturated rings. The molecular weight excluding hydrogens is 1510 g/mol. The molecule has 8 aromatic carbocycles. The van der Waals surface area contributed by atoms with Crippen molar-refractivity contribution >= 4 is 0 Å². The van der Waals surface area contributed by atoms with Gasteiger partial charge in [-0.2, -0.15) is 52.7 Å². The third-order valence-corrected chi connectivity index (χ3v) is 15.4. The second kappa shape index (κ2) is 57.0. The number of hydrogen-bond donors (Lipinski definition) is 0. The molecule has 22 heteroatoms. The summed E-state index contributed by atoms with van der Waals surface area (Å²) in [5.41, 5.74) is -7.66. The lowest BCUT2D eigenvalue weighted by atomic mass is 9.73. The zero-order valence-corrected chi connectivity index (χ0v) is 71.2. The van der Waals surface area contributed by atoms with E-state index in [4.69, 9.17) is 27.8 Å². The number of methoxy groups -OCH3 is 2. The molecule has 0 aliphatic rings. The molecule has 116 heavy (non-hydrogen) atoms. The highest BCUT2D eigenvalue weighted by Gasteiger charge is 2.73. The number of alkyl halides is 12. The Morgan fingerprint density at radius 2 is 0.379 bits per heavy atom. The molecule has 0 spiro atoms. The van der Waals surface area contributed by atoms with Gasteiger partial charge in [-0.1, -0.05) is 212 Å². The van der Waals surface area contributed by atoms with Crippen LogP contribution >= 0.6 is 0 Å². The Morgan fingerprint density at radius 3 is 0.526 bits per heavy atom. The van der Waals surface area contributed by atoms with Crippen LogP contribution in [0.2, 0.25) is 0 Å². The molecule has 0 saturated carbocycles. The largest absolute Gasteiger partial charge is 0.497 e. The van der Waals surface area contributed by atoms with Crippen LogP contribution in [0.4, 0.5) is 52.7 Å². The summed E-state index contributed by atoms with van der Waals surface area (Å²) in [5.74, 6) is 2.11. The van der Waals surface area contributed by atoms with Gasteiger partial charge in [0.25, 0.3) is 0 Å². The quantitative estimate of drug-likeness (QED) is 0.0770. The molecule has 0 amide bonds. The van der Waals surface area contributed by atoms with Gasteiger partial charge in [0.2, 0.25) is 34.4 Å². The first-order valence-corrected chi connectivity index (χ1v) is 37.9. The standard InChI is InChI=1S/2C31H22F6N2O3.6C4H8.4C2H6/c2*1-19-3-5-20(6-4-19)27-38-39-28(42-27)21-7-13-25(14-8-21)41-26-17-11-23(12-18-26)29(30(32,33)34,31(35,36)37)22-9-15-24(40-2)16-10-22;6*1-3-4-2;4*1-2/h2*3-18H,1-2H3;6*3-4H,1-2H3;4*1-2H3/b;;6*4-3+;;;;. The average Bonchev–Trinajstić information content (AvgIpc) is 0.864. The summed E-state index contributed by atoms with van der Waals surface area (Å²) in [4.78, 5) is 0. The smallest absolute Gasteiger partial charge is 0.411 e. The summed E-state index contributed by atoms with van der Waals surface area (Å²) in [6.07, 6.45) is 1.19. The molecule has 0 radical (unpaired) electrons. The van der Waals surface area contributed by atoms with E-state index in [1.54, 1.807) is 48.5 Å². The van der Waals surface area contributed by atoms with Crippen molar-refractivity contribution in [3.8, 4) is 80.3 Å². The highest BCUT2D eigenvalue weighted by atomic mass is 19.4. The van der Waals surface area contributed by atoms with Crippen LogP contribution in [0, 0.1) is 13.8 Å². The molecule has 0 N–H and O–H groups in total. The fourth-order valence-electron chi connectivity index (χ4n) is 9.10. The van der Waals surface area contributed by atoms with Crippen molar-refractivity contribution in [1.29, 1.82) is 0 Å². The second-order valence-corrected chi connectivity index (χ2v) is 22.8. The summed E-state index contributed by atoms with van der Waals surface area (Å²) in [6, 6.07) is 42.5. The van der Waals surface area contributed by atoms with Gasteiger partial charge in [-0.05, 0) is 241 Å². The van der Waals surface area contributed by atoms with E-state index in [9.17, 15) is 52.7 Å². The molecule has 2 heterocycles. The highest BCUT2D eigenvalue weighted by Crippen LogP contribution is 2.58. The topological polar surface area (TPSA) is 115 Å². The number of benzene rings is 8. The van der Waals surface area contributed by atoms with Crippen LogP contribution < -0.4 is 18.9 Å². The first-order valence-electron chi connectivity index (χ1n) is 37.9. The summed E-state index contributed by atoms with van der Waals surface area (Å²) in [5, 5.41) is 16.2. The van der Waals surface area contributed by atoms with Gasteiger partial charge in [0.05, 0.1) is 14.2 Å². The van der Waals surface area contributed by atoms with E-state index in [2.05, 4.69) is 20.4 Å². The van der Waals surface area contributed by atoms with E-state index in [1.165, 1.54) is 14.2 Å². The fourth-order valence-corrected chi connectivity index (χ4v) is 9.10. The summed E-state index contributed by atoms with van der Waals surface area (Å²) in [6.45, 7) is 43.9. The van der Waals surface area contributed by atoms with Crippen LogP contribution in [0.1, 0.15) is 172 Å². The van der Waals surface area contributed by atoms with Crippen molar-refractivity contribution in [1.82, 2.24) is 20.4 Å². The summed E-state index contributed by atoms with van der Waals surface area (Å²) >= 11 is 0. The zero-order valence-electron chi connectivity index (χ0n) is 71.2. The van der Waals surface area contributed by atoms with Crippen LogP contribution in [-0.4, -0.2) is 59.3 Å². The number of aryl methyl sites for hydroxylation is 2. The van der Waals surface area contributed by atoms with Crippen LogP contribution in [0.25, 0.3) is 45.8 Å². The van der Waals surface area contributed by atoms with E-state index < -0.39 is 57.8 Å². The maximum atomic E-state index is 14.4. The number of allylic oxidation sites excluding steroid dienone is 12. The number of hydrogen-bond acceptors (Lipinski definition) is 10. The predicted molar refractivity (Wildman–Crippen MR) is 453 cm³/mol. The lowest BCUT2D eigenvalue weighted by Gasteiger charge is -2.38. The molecule has 0 unspecified atom stereocenters. The second-order valence-electron chi connectivity index (χ2n) is 22.8.